The minimum absolute atomic E-state index is 0.00430. The summed E-state index contributed by atoms with van der Waals surface area (Å²) in [4.78, 5) is 26.8. The lowest BCUT2D eigenvalue weighted by atomic mass is 9.84. The summed E-state index contributed by atoms with van der Waals surface area (Å²) >= 11 is 0. The minimum atomic E-state index is -4.54. The van der Waals surface area contributed by atoms with Crippen LogP contribution >= 0.6 is 0 Å². The molecule has 0 unspecified atom stereocenters. The summed E-state index contributed by atoms with van der Waals surface area (Å²) in [5, 5.41) is 12.9. The molecule has 10 heteroatoms. The number of carbonyl (C=O) groups is 1. The highest BCUT2D eigenvalue weighted by Crippen LogP contribution is 2.35. The molecule has 3 aromatic heterocycles. The molecule has 0 aromatic carbocycles. The van der Waals surface area contributed by atoms with Gasteiger partial charge in [-0.05, 0) is 31.7 Å². The van der Waals surface area contributed by atoms with E-state index in [-0.39, 0.29) is 46.0 Å². The van der Waals surface area contributed by atoms with Crippen molar-refractivity contribution in [1.29, 1.82) is 5.26 Å². The van der Waals surface area contributed by atoms with Crippen LogP contribution in [0.2, 0.25) is 0 Å². The topological polar surface area (TPSA) is 107 Å². The summed E-state index contributed by atoms with van der Waals surface area (Å²) in [5.41, 5.74) is 0.0807. The molecule has 7 nitrogen and oxygen atoms in total. The van der Waals surface area contributed by atoms with Crippen LogP contribution < -0.4 is 5.32 Å². The van der Waals surface area contributed by atoms with Gasteiger partial charge in [0.1, 0.15) is 17.5 Å². The van der Waals surface area contributed by atoms with Crippen molar-refractivity contribution in [3.63, 3.8) is 0 Å². The molecule has 0 radical (unpaired) electrons. The maximum Gasteiger partial charge on any atom is 0.417 e. The maximum absolute atomic E-state index is 13.2. The number of rotatable bonds is 4. The summed E-state index contributed by atoms with van der Waals surface area (Å²) in [6.07, 6.45) is 1.73. The number of Topliss-reactive ketones (excluding diaryl/α,β-unsaturated/α-hetero) is 1. The van der Waals surface area contributed by atoms with E-state index in [4.69, 9.17) is 0 Å². The van der Waals surface area contributed by atoms with Gasteiger partial charge in [-0.15, -0.1) is 0 Å². The van der Waals surface area contributed by atoms with Crippen LogP contribution in [0.15, 0.2) is 24.7 Å². The Hall–Kier alpha value is -3.48. The fourth-order valence-corrected chi connectivity index (χ4v) is 3.88. The smallest absolute Gasteiger partial charge is 0.351 e. The predicted molar refractivity (Wildman–Crippen MR) is 107 cm³/mol. The first-order valence-corrected chi connectivity index (χ1v) is 9.86. The number of nitrogens with one attached hydrogen (secondary N) is 2. The lowest BCUT2D eigenvalue weighted by Crippen LogP contribution is -2.30. The highest BCUT2D eigenvalue weighted by atomic mass is 19.4. The first kappa shape index (κ1) is 20.8. The number of halogens is 3. The van der Waals surface area contributed by atoms with Gasteiger partial charge >= 0.3 is 6.18 Å². The molecule has 3 aromatic rings. The summed E-state index contributed by atoms with van der Waals surface area (Å²) in [6.45, 7) is 1.98. The Morgan fingerprint density at radius 2 is 2.00 bits per heavy atom. The van der Waals surface area contributed by atoms with Gasteiger partial charge in [0.25, 0.3) is 0 Å². The second kappa shape index (κ2) is 7.98. The Bertz CT molecular complexity index is 1170. The van der Waals surface area contributed by atoms with E-state index in [9.17, 15) is 23.2 Å². The van der Waals surface area contributed by atoms with Gasteiger partial charge < -0.3 is 10.3 Å². The van der Waals surface area contributed by atoms with Gasteiger partial charge in [0.15, 0.2) is 0 Å². The first-order valence-electron chi connectivity index (χ1n) is 9.86. The molecule has 0 saturated heterocycles. The zero-order valence-corrected chi connectivity index (χ0v) is 16.6. The first-order chi connectivity index (χ1) is 14.8. The third kappa shape index (κ3) is 4.21. The second-order valence-electron chi connectivity index (χ2n) is 7.70. The minimum Gasteiger partial charge on any atom is -0.351 e. The van der Waals surface area contributed by atoms with E-state index in [1.54, 1.807) is 0 Å². The van der Waals surface area contributed by atoms with Crippen LogP contribution in [0.1, 0.15) is 43.7 Å². The third-order valence-corrected chi connectivity index (χ3v) is 5.67. The molecule has 3 heterocycles. The van der Waals surface area contributed by atoms with Crippen LogP contribution in [0.4, 0.5) is 19.1 Å². The molecule has 0 bridgehead atoms. The molecule has 4 rings (SSSR count). The van der Waals surface area contributed by atoms with E-state index < -0.39 is 11.7 Å². The number of aromatic nitrogens is 4. The Labute approximate surface area is 175 Å². The number of nitrogens with zero attached hydrogens (tertiary/aromatic N) is 4. The number of pyridine rings is 1. The average molecular weight is 428 g/mol. The number of fused-ring (bicyclic) bond motifs is 1. The SMILES string of the molecule is C[C@@H](Nc1ncc(C#N)c(-c2c[nH]c3ncc(C(F)(F)F)cc23)n1)C1CCC(=O)CC1. The molecule has 1 aliphatic carbocycles. The van der Waals surface area contributed by atoms with Crippen LogP contribution in [0.3, 0.4) is 0 Å². The van der Waals surface area contributed by atoms with E-state index in [1.165, 1.54) is 12.4 Å². The molecule has 2 N–H and O–H groups in total. The third-order valence-electron chi connectivity index (χ3n) is 5.67. The van der Waals surface area contributed by atoms with Crippen molar-refractivity contribution in [1.82, 2.24) is 19.9 Å². The molecule has 1 saturated carbocycles. The number of H-pyrrole nitrogens is 1. The number of aromatic amines is 1. The van der Waals surface area contributed by atoms with Crippen molar-refractivity contribution in [2.75, 3.05) is 5.32 Å². The molecule has 160 valence electrons. The van der Waals surface area contributed by atoms with Gasteiger partial charge in [0, 0.05) is 42.2 Å². The number of alkyl halides is 3. The molecular weight excluding hydrogens is 409 g/mol. The highest BCUT2D eigenvalue weighted by Gasteiger charge is 2.32. The van der Waals surface area contributed by atoms with Crippen LogP contribution in [-0.4, -0.2) is 31.8 Å². The molecule has 0 spiro atoms. The Morgan fingerprint density at radius 3 is 2.68 bits per heavy atom. The molecule has 0 amide bonds. The average Bonchev–Trinajstić information content (AvgIpc) is 3.16. The van der Waals surface area contributed by atoms with Crippen LogP contribution in [0.5, 0.6) is 0 Å². The largest absolute Gasteiger partial charge is 0.417 e. The van der Waals surface area contributed by atoms with E-state index >= 15 is 0 Å². The summed E-state index contributed by atoms with van der Waals surface area (Å²) in [6, 6.07) is 2.98. The quantitative estimate of drug-likeness (QED) is 0.635. The van der Waals surface area contributed by atoms with E-state index in [0.29, 0.717) is 18.4 Å². The second-order valence-corrected chi connectivity index (χ2v) is 7.70. The molecule has 1 aliphatic rings. The zero-order valence-electron chi connectivity index (χ0n) is 16.6. The zero-order chi connectivity index (χ0) is 22.2. The number of carbonyl (C=O) groups excluding carboxylic acids is 1. The van der Waals surface area contributed by atoms with Gasteiger partial charge in [0.2, 0.25) is 5.95 Å². The standard InChI is InChI=1S/C21H19F3N6O/c1-11(12-2-4-15(31)5-3-12)29-20-28-8-13(7-25)18(30-20)17-10-27-19-16(17)6-14(9-26-19)21(22,23)24/h6,8-12H,2-5H2,1H3,(H,26,27)(H,28,29,30)/t11-/m1/s1. The van der Waals surface area contributed by atoms with Gasteiger partial charge in [-0.1, -0.05) is 0 Å². The predicted octanol–water partition coefficient (Wildman–Crippen LogP) is 4.47. The lowest BCUT2D eigenvalue weighted by molar-refractivity contribution is -0.137. The number of hydrogen-bond acceptors (Lipinski definition) is 6. The van der Waals surface area contributed by atoms with Crippen LogP contribution in [0.25, 0.3) is 22.3 Å². The van der Waals surface area contributed by atoms with Crippen molar-refractivity contribution >= 4 is 22.8 Å². The maximum atomic E-state index is 13.2. The van der Waals surface area contributed by atoms with Gasteiger partial charge in [0.05, 0.1) is 23.0 Å². The van der Waals surface area contributed by atoms with E-state index in [1.807, 2.05) is 13.0 Å². The number of anilines is 1. The van der Waals surface area contributed by atoms with Gasteiger partial charge in [-0.2, -0.15) is 18.4 Å². The van der Waals surface area contributed by atoms with Crippen molar-refractivity contribution in [3.05, 3.63) is 35.8 Å². The van der Waals surface area contributed by atoms with Crippen molar-refractivity contribution < 1.29 is 18.0 Å². The van der Waals surface area contributed by atoms with E-state index in [0.717, 1.165) is 25.1 Å². The lowest BCUT2D eigenvalue weighted by Gasteiger charge is -2.27. The summed E-state index contributed by atoms with van der Waals surface area (Å²) in [5.74, 6) is 0.825. The van der Waals surface area contributed by atoms with Gasteiger partial charge in [-0.25, -0.2) is 15.0 Å². The molecule has 1 atom stereocenters. The van der Waals surface area contributed by atoms with Crippen molar-refractivity contribution in [2.24, 2.45) is 5.92 Å². The van der Waals surface area contributed by atoms with Crippen LogP contribution in [0, 0.1) is 17.2 Å². The molecule has 31 heavy (non-hydrogen) atoms. The highest BCUT2D eigenvalue weighted by molar-refractivity contribution is 5.94. The number of hydrogen-bond donors (Lipinski definition) is 2. The Kier molecular flexibility index (Phi) is 5.35. The monoisotopic (exact) mass is 428 g/mol. The summed E-state index contributed by atoms with van der Waals surface area (Å²) in [7, 11) is 0. The van der Waals surface area contributed by atoms with E-state index in [2.05, 4.69) is 25.3 Å². The number of ketones is 1. The molecule has 1 fully saturated rings. The molecular formula is C21H19F3N6O. The fourth-order valence-electron chi connectivity index (χ4n) is 3.88. The molecule has 0 aliphatic heterocycles. The van der Waals surface area contributed by atoms with Gasteiger partial charge in [-0.3, -0.25) is 4.79 Å². The van der Waals surface area contributed by atoms with Crippen molar-refractivity contribution in [3.8, 4) is 17.3 Å². The Morgan fingerprint density at radius 1 is 1.26 bits per heavy atom. The fraction of sp³-hybridized carbons (Fsp3) is 0.381. The number of nitriles is 1. The normalized spacial score (nSPS) is 16.3. The van der Waals surface area contributed by atoms with Crippen molar-refractivity contribution in [2.45, 2.75) is 44.8 Å². The Balaban J connectivity index is 1.69. The van der Waals surface area contributed by atoms with Crippen LogP contribution in [-0.2, 0) is 11.0 Å². The summed E-state index contributed by atoms with van der Waals surface area (Å²) < 4.78 is 39.5.